The van der Waals surface area contributed by atoms with Crippen molar-refractivity contribution in [1.82, 2.24) is 6.15 Å². The Morgan fingerprint density at radius 1 is 1.00 bits per heavy atom. The van der Waals surface area contributed by atoms with E-state index in [-0.39, 0.29) is 23.1 Å². The van der Waals surface area contributed by atoms with Gasteiger partial charge in [-0.25, -0.2) is 14.4 Å². The molecule has 7 N–H and O–H groups in total. The highest BCUT2D eigenvalue weighted by atomic mass is 79.9. The van der Waals surface area contributed by atoms with Crippen LogP contribution in [0.2, 0.25) is 0 Å². The summed E-state index contributed by atoms with van der Waals surface area (Å²) in [7, 11) is 0. The van der Waals surface area contributed by atoms with Gasteiger partial charge in [-0.05, 0) is 0 Å². The molecule has 0 aromatic rings. The molecule has 12 heteroatoms. The summed E-state index contributed by atoms with van der Waals surface area (Å²) < 4.78 is -1.08. The topological polar surface area (TPSA) is 202 Å². The first-order valence-corrected chi connectivity index (χ1v) is 4.59. The lowest BCUT2D eigenvalue weighted by Crippen LogP contribution is -2.61. The molecule has 0 aromatic carbocycles. The number of carbonyl (C=O) groups is 4. The van der Waals surface area contributed by atoms with E-state index in [1.807, 2.05) is 0 Å². The van der Waals surface area contributed by atoms with E-state index < -0.39 is 54.5 Å². The van der Waals surface area contributed by atoms with E-state index in [0.717, 1.165) is 0 Å². The van der Waals surface area contributed by atoms with E-state index in [0.29, 0.717) is 0 Å². The number of carboxylic acid groups (broad SMARTS) is 3. The van der Waals surface area contributed by atoms with Crippen molar-refractivity contribution in [3.05, 3.63) is 0 Å². The monoisotopic (exact) mass is 361 g/mol. The summed E-state index contributed by atoms with van der Waals surface area (Å²) in [5.74, 6) is -1.20. The van der Waals surface area contributed by atoms with Crippen molar-refractivity contribution in [1.29, 1.82) is 0 Å². The van der Waals surface area contributed by atoms with Crippen LogP contribution < -0.4 is 17.2 Å². The summed E-state index contributed by atoms with van der Waals surface area (Å²) in [6.45, 7) is -3.55. The Morgan fingerprint density at radius 3 is 1.65 bits per heavy atom. The Balaban J connectivity index is -0.00000144. The van der Waals surface area contributed by atoms with Crippen molar-refractivity contribution in [2.24, 2.45) is 5.90 Å². The predicted molar refractivity (Wildman–Crippen MR) is 65.6 cm³/mol. The minimum Gasteiger partial charge on any atom is -0.544 e. The van der Waals surface area contributed by atoms with Crippen LogP contribution in [0.3, 0.4) is 0 Å². The van der Waals surface area contributed by atoms with Crippen molar-refractivity contribution >= 4 is 40.9 Å². The molecule has 118 valence electrons. The van der Waals surface area contributed by atoms with Gasteiger partial charge in [-0.3, -0.25) is 4.48 Å². The molecule has 11 nitrogen and oxygen atoms in total. The summed E-state index contributed by atoms with van der Waals surface area (Å²) in [6.07, 6.45) is 0. The van der Waals surface area contributed by atoms with E-state index in [4.69, 9.17) is 10.2 Å². The van der Waals surface area contributed by atoms with Gasteiger partial charge in [0.25, 0.3) is 0 Å². The van der Waals surface area contributed by atoms with Gasteiger partial charge in [0.2, 0.25) is 0 Å². The molecule has 0 bridgehead atoms. The average molecular weight is 362 g/mol. The molecule has 20 heavy (non-hydrogen) atoms. The van der Waals surface area contributed by atoms with Crippen LogP contribution in [-0.4, -0.2) is 64.8 Å². The molecule has 0 saturated carbocycles. The molecule has 0 aliphatic carbocycles. The molecule has 0 atom stereocenters. The van der Waals surface area contributed by atoms with Gasteiger partial charge >= 0.3 is 17.9 Å². The van der Waals surface area contributed by atoms with Gasteiger partial charge in [0.15, 0.2) is 19.6 Å². The van der Waals surface area contributed by atoms with E-state index >= 15 is 0 Å². The highest BCUT2D eigenvalue weighted by molar-refractivity contribution is 8.93. The van der Waals surface area contributed by atoms with Crippen molar-refractivity contribution in [3.8, 4) is 0 Å². The molecular weight excluding hydrogens is 346 g/mol. The fraction of sp³-hybridized carbons (Fsp3) is 0.500. The lowest BCUT2D eigenvalue weighted by atomic mass is 10.3. The zero-order chi connectivity index (χ0) is 14.3. The van der Waals surface area contributed by atoms with Crippen molar-refractivity contribution in [3.63, 3.8) is 0 Å². The van der Waals surface area contributed by atoms with Crippen LogP contribution in [-0.2, 0) is 24.0 Å². The fourth-order valence-electron chi connectivity index (χ4n) is 1.49. The first-order chi connectivity index (χ1) is 8.20. The van der Waals surface area contributed by atoms with Crippen LogP contribution in [0.5, 0.6) is 0 Å². The van der Waals surface area contributed by atoms with Gasteiger partial charge in [0.05, 0.1) is 5.97 Å². The highest BCUT2D eigenvalue weighted by Gasteiger charge is 2.36. The zero-order valence-electron chi connectivity index (χ0n) is 10.3. The first kappa shape index (κ1) is 23.3. The van der Waals surface area contributed by atoms with Crippen molar-refractivity contribution in [2.75, 3.05) is 26.2 Å². The summed E-state index contributed by atoms with van der Waals surface area (Å²) in [5, 5.41) is 27.9. The second kappa shape index (κ2) is 10.1. The number of halogens is 1. The molecule has 0 aliphatic rings. The molecule has 0 amide bonds. The number of aliphatic carboxylic acids is 3. The smallest absolute Gasteiger partial charge is 0.380 e. The normalized spacial score (nSPS) is 9.65. The molecule has 0 unspecified atom stereocenters. The SMILES string of the molecule is Br.N.NOC(=O)C[N+](CC(=O)[O-])(CC(=O)O)CC(=O)O. The van der Waals surface area contributed by atoms with Gasteiger partial charge < -0.3 is 31.1 Å². The first-order valence-electron chi connectivity index (χ1n) is 4.59. The standard InChI is InChI=1S/C8H12N2O8.BrH.H3N/c9-18-8(17)4-10(1-5(11)12,2-6(13)14)3-7(15)16;;/h1-4,9H2,(H2-,11,12,13,14,15,16);1H;1H3. The minimum absolute atomic E-state index is 0. The maximum absolute atomic E-state index is 11.0. The number of carbonyl (C=O) groups excluding carboxylic acids is 2. The number of nitrogens with two attached hydrogens (primary N) is 1. The Morgan fingerprint density at radius 2 is 1.40 bits per heavy atom. The third kappa shape index (κ3) is 9.21. The Labute approximate surface area is 123 Å². The number of hydrogen-bond donors (Lipinski definition) is 4. The number of rotatable bonds is 8. The molecule has 0 rings (SSSR count). The molecule has 0 aliphatic heterocycles. The van der Waals surface area contributed by atoms with Crippen LogP contribution >= 0.6 is 17.0 Å². The highest BCUT2D eigenvalue weighted by Crippen LogP contribution is 2.07. The van der Waals surface area contributed by atoms with Gasteiger partial charge in [-0.1, -0.05) is 0 Å². The number of quaternary nitrogens is 1. The summed E-state index contributed by atoms with van der Waals surface area (Å²) in [6, 6.07) is 0. The number of hydrogen-bond acceptors (Lipinski definition) is 8. The van der Waals surface area contributed by atoms with Gasteiger partial charge in [-0.2, -0.15) is 5.90 Å². The second-order valence-electron chi connectivity index (χ2n) is 3.62. The van der Waals surface area contributed by atoms with Gasteiger partial charge in [0.1, 0.15) is 6.54 Å². The Hall–Kier alpha value is -1.76. The Bertz CT molecular complexity index is 334. The van der Waals surface area contributed by atoms with E-state index in [1.54, 1.807) is 0 Å². The maximum atomic E-state index is 11.0. The van der Waals surface area contributed by atoms with E-state index in [2.05, 4.69) is 10.7 Å². The van der Waals surface area contributed by atoms with Crippen LogP contribution in [0.1, 0.15) is 0 Å². The molecule has 0 saturated heterocycles. The van der Waals surface area contributed by atoms with Crippen molar-refractivity contribution in [2.45, 2.75) is 0 Å². The quantitative estimate of drug-likeness (QED) is 0.253. The van der Waals surface area contributed by atoms with Crippen LogP contribution in [0.15, 0.2) is 0 Å². The summed E-state index contributed by atoms with van der Waals surface area (Å²) in [4.78, 5) is 46.6. The van der Waals surface area contributed by atoms with Crippen LogP contribution in [0.25, 0.3) is 0 Å². The minimum atomic E-state index is -1.69. The van der Waals surface area contributed by atoms with Crippen LogP contribution in [0.4, 0.5) is 0 Å². The van der Waals surface area contributed by atoms with E-state index in [1.165, 1.54) is 0 Å². The molecular formula is C8H16BrN3O8. The molecule has 0 fully saturated rings. The second-order valence-corrected chi connectivity index (χ2v) is 3.62. The largest absolute Gasteiger partial charge is 0.544 e. The van der Waals surface area contributed by atoms with Gasteiger partial charge in [0, 0.05) is 0 Å². The Kier molecular flexibility index (Phi) is 11.8. The average Bonchev–Trinajstić information content (AvgIpc) is 2.12. The fourth-order valence-corrected chi connectivity index (χ4v) is 1.49. The zero-order valence-corrected chi connectivity index (χ0v) is 12.0. The maximum Gasteiger partial charge on any atom is 0.380 e. The third-order valence-corrected chi connectivity index (χ3v) is 2.00. The van der Waals surface area contributed by atoms with Gasteiger partial charge in [-0.15, -0.1) is 17.0 Å². The molecule has 0 aromatic heterocycles. The van der Waals surface area contributed by atoms with Crippen molar-refractivity contribution < 1.29 is 43.8 Å². The molecule has 0 heterocycles. The van der Waals surface area contributed by atoms with E-state index in [9.17, 15) is 24.3 Å². The lowest BCUT2D eigenvalue weighted by Gasteiger charge is -2.34. The molecule has 0 spiro atoms. The summed E-state index contributed by atoms with van der Waals surface area (Å²) in [5.41, 5.74) is 0. The number of carboxylic acids is 3. The predicted octanol–water partition coefficient (Wildman–Crippen LogP) is -3.12. The summed E-state index contributed by atoms with van der Waals surface area (Å²) >= 11 is 0. The van der Waals surface area contributed by atoms with Crippen LogP contribution in [0, 0.1) is 0 Å². The lowest BCUT2D eigenvalue weighted by molar-refractivity contribution is -0.902. The number of nitrogens with zero attached hydrogens (tertiary/aromatic N) is 1. The third-order valence-electron chi connectivity index (χ3n) is 2.00. The molecule has 0 radical (unpaired) electrons.